The van der Waals surface area contributed by atoms with Gasteiger partial charge in [0.25, 0.3) is 10.0 Å². The number of benzene rings is 2. The molecule has 1 saturated carbocycles. The molecule has 1 unspecified atom stereocenters. The number of hydrogen-bond acceptors (Lipinski definition) is 7. The molecule has 1 saturated heterocycles. The normalized spacial score (nSPS) is 20.8. The third-order valence-electron chi connectivity index (χ3n) is 7.35. The van der Waals surface area contributed by atoms with Gasteiger partial charge < -0.3 is 10.6 Å². The van der Waals surface area contributed by atoms with Gasteiger partial charge in [-0.3, -0.25) is 9.78 Å². The van der Waals surface area contributed by atoms with E-state index >= 15 is 0 Å². The number of sulfonamides is 1. The van der Waals surface area contributed by atoms with Gasteiger partial charge in [-0.05, 0) is 79.1 Å². The van der Waals surface area contributed by atoms with E-state index in [1.165, 1.54) is 0 Å². The lowest BCUT2D eigenvalue weighted by atomic mass is 10.1. The highest BCUT2D eigenvalue weighted by Crippen LogP contribution is 2.48. The number of hydrogen-bond donors (Lipinski definition) is 3. The number of rotatable bonds is 7. The Kier molecular flexibility index (Phi) is 6.29. The van der Waals surface area contributed by atoms with Crippen LogP contribution in [0, 0.1) is 12.8 Å². The van der Waals surface area contributed by atoms with Crippen molar-refractivity contribution in [2.75, 3.05) is 23.1 Å². The van der Waals surface area contributed by atoms with Crippen LogP contribution in [0.25, 0.3) is 10.8 Å². The quantitative estimate of drug-likeness (QED) is 0.332. The number of carbonyl (C=O) groups is 1. The highest BCUT2D eigenvalue weighted by Gasteiger charge is 2.44. The van der Waals surface area contributed by atoms with Gasteiger partial charge in [0.05, 0.1) is 10.6 Å². The second-order valence-electron chi connectivity index (χ2n) is 10.00. The first-order chi connectivity index (χ1) is 18.4. The Hall–Kier alpha value is -3.89. The molecule has 0 spiro atoms. The van der Waals surface area contributed by atoms with Gasteiger partial charge in [0.1, 0.15) is 0 Å². The molecule has 0 bridgehead atoms. The zero-order chi connectivity index (χ0) is 26.3. The molecular formula is C28H28N6O3S. The number of nitrogens with one attached hydrogen (secondary N) is 3. The van der Waals surface area contributed by atoms with Crippen molar-refractivity contribution in [2.24, 2.45) is 5.92 Å². The van der Waals surface area contributed by atoms with E-state index in [4.69, 9.17) is 0 Å². The largest absolute Gasteiger partial charge is 0.326 e. The number of aromatic nitrogens is 3. The Labute approximate surface area is 221 Å². The minimum atomic E-state index is -3.84. The van der Waals surface area contributed by atoms with Crippen LogP contribution >= 0.6 is 0 Å². The Balaban J connectivity index is 1.10. The van der Waals surface area contributed by atoms with Gasteiger partial charge in [0, 0.05) is 48.0 Å². The molecule has 2 aliphatic rings. The van der Waals surface area contributed by atoms with Crippen LogP contribution < -0.4 is 15.4 Å². The fourth-order valence-electron chi connectivity index (χ4n) is 5.10. The zero-order valence-corrected chi connectivity index (χ0v) is 21.7. The summed E-state index contributed by atoms with van der Waals surface area (Å²) in [6, 6.07) is 14.3. The summed E-state index contributed by atoms with van der Waals surface area (Å²) in [6.07, 6.45) is 6.88. The van der Waals surface area contributed by atoms with Crippen LogP contribution in [0.4, 0.5) is 11.6 Å². The smallest absolute Gasteiger partial charge is 0.264 e. The summed E-state index contributed by atoms with van der Waals surface area (Å²) in [5.74, 6) is 0.204. The summed E-state index contributed by atoms with van der Waals surface area (Å²) in [7, 11) is -3.84. The summed E-state index contributed by atoms with van der Waals surface area (Å²) < 4.78 is 28.4. The summed E-state index contributed by atoms with van der Waals surface area (Å²) in [5, 5.41) is 8.40. The molecule has 9 nitrogen and oxygen atoms in total. The van der Waals surface area contributed by atoms with E-state index in [2.05, 4.69) is 30.3 Å². The van der Waals surface area contributed by atoms with Gasteiger partial charge in [-0.2, -0.15) is 0 Å². The van der Waals surface area contributed by atoms with Crippen LogP contribution in [0.3, 0.4) is 0 Å². The van der Waals surface area contributed by atoms with Gasteiger partial charge in [-0.15, -0.1) is 0 Å². The molecule has 2 aromatic carbocycles. The third-order valence-corrected chi connectivity index (χ3v) is 8.70. The highest BCUT2D eigenvalue weighted by atomic mass is 32.2. The average Bonchev–Trinajstić information content (AvgIpc) is 3.53. The van der Waals surface area contributed by atoms with Gasteiger partial charge in [-0.1, -0.05) is 18.2 Å². The minimum Gasteiger partial charge on any atom is -0.326 e. The van der Waals surface area contributed by atoms with Gasteiger partial charge in [0.2, 0.25) is 11.9 Å². The Bertz CT molecular complexity index is 1620. The fraction of sp³-hybridized carbons (Fsp3) is 0.286. The van der Waals surface area contributed by atoms with E-state index in [-0.39, 0.29) is 34.5 Å². The van der Waals surface area contributed by atoms with Gasteiger partial charge >= 0.3 is 0 Å². The molecule has 4 aromatic rings. The molecule has 0 radical (unpaired) electrons. The number of fused-ring (bicyclic) bond motifs is 1. The van der Waals surface area contributed by atoms with Crippen molar-refractivity contribution in [3.8, 4) is 0 Å². The Morgan fingerprint density at radius 2 is 1.92 bits per heavy atom. The molecule has 1 aliphatic heterocycles. The van der Waals surface area contributed by atoms with Crippen LogP contribution in [0.15, 0.2) is 72.0 Å². The number of pyridine rings is 1. The topological polar surface area (TPSA) is 126 Å². The molecule has 10 heteroatoms. The van der Waals surface area contributed by atoms with Crippen molar-refractivity contribution in [2.45, 2.75) is 36.5 Å². The van der Waals surface area contributed by atoms with Crippen molar-refractivity contribution in [3.63, 3.8) is 0 Å². The molecular weight excluding hydrogens is 500 g/mol. The number of anilines is 2. The standard InChI is InChI=1S/C28H28N6O3S/c1-17-14-30-15-19-2-5-21(12-23(17)19)32-27(35)25-13-24(25)18-3-6-22(7-4-18)38(36,37)34-28-31-11-9-26(33-28)20-8-10-29-16-20/h2-7,9,11-12,14-15,20,24-25,29H,8,10,13,16H2,1H3,(H,32,35)(H,31,33,34)/t20?,24-,25+/m0/s1. The molecule has 1 amide bonds. The average molecular weight is 529 g/mol. The maximum absolute atomic E-state index is 13.0. The van der Waals surface area contributed by atoms with Crippen molar-refractivity contribution in [1.82, 2.24) is 20.3 Å². The van der Waals surface area contributed by atoms with Crippen LogP contribution in [0.1, 0.15) is 41.5 Å². The number of carbonyl (C=O) groups excluding carboxylic acids is 1. The molecule has 2 fully saturated rings. The second kappa shape index (κ2) is 9.77. The second-order valence-corrected chi connectivity index (χ2v) is 11.7. The van der Waals surface area contributed by atoms with Crippen molar-refractivity contribution in [3.05, 3.63) is 83.9 Å². The molecule has 6 rings (SSSR count). The highest BCUT2D eigenvalue weighted by molar-refractivity contribution is 7.92. The first-order valence-corrected chi connectivity index (χ1v) is 14.2. The van der Waals surface area contributed by atoms with E-state index in [0.717, 1.165) is 59.2 Å². The predicted molar refractivity (Wildman–Crippen MR) is 145 cm³/mol. The summed E-state index contributed by atoms with van der Waals surface area (Å²) in [6.45, 7) is 3.74. The third kappa shape index (κ3) is 4.97. The van der Waals surface area contributed by atoms with E-state index < -0.39 is 10.0 Å². The van der Waals surface area contributed by atoms with E-state index in [1.54, 1.807) is 30.5 Å². The maximum atomic E-state index is 13.0. The van der Waals surface area contributed by atoms with Gasteiger partial charge in [-0.25, -0.2) is 23.1 Å². The lowest BCUT2D eigenvalue weighted by Crippen LogP contribution is -2.16. The SMILES string of the molecule is Cc1cncc2ccc(NC(=O)[C@@H]3C[C@H]3c3ccc(S(=O)(=O)Nc4nccc(C5CCNC5)n4)cc3)cc12. The summed E-state index contributed by atoms with van der Waals surface area (Å²) in [5.41, 5.74) is 3.58. The predicted octanol–water partition coefficient (Wildman–Crippen LogP) is 3.95. The van der Waals surface area contributed by atoms with Gasteiger partial charge in [0.15, 0.2) is 0 Å². The van der Waals surface area contributed by atoms with Crippen LogP contribution in [0.2, 0.25) is 0 Å². The monoisotopic (exact) mass is 528 g/mol. The zero-order valence-electron chi connectivity index (χ0n) is 20.9. The first-order valence-electron chi connectivity index (χ1n) is 12.7. The van der Waals surface area contributed by atoms with E-state index in [0.29, 0.717) is 0 Å². The van der Waals surface area contributed by atoms with Crippen molar-refractivity contribution in [1.29, 1.82) is 0 Å². The fourth-order valence-corrected chi connectivity index (χ4v) is 6.06. The van der Waals surface area contributed by atoms with Crippen LogP contribution in [-0.4, -0.2) is 42.4 Å². The number of nitrogens with zero attached hydrogens (tertiary/aromatic N) is 3. The molecule has 3 atom stereocenters. The summed E-state index contributed by atoms with van der Waals surface area (Å²) in [4.78, 5) is 25.7. The van der Waals surface area contributed by atoms with E-state index in [9.17, 15) is 13.2 Å². The summed E-state index contributed by atoms with van der Waals surface area (Å²) >= 11 is 0. The Morgan fingerprint density at radius 3 is 2.71 bits per heavy atom. The van der Waals surface area contributed by atoms with Crippen LogP contribution in [-0.2, 0) is 14.8 Å². The van der Waals surface area contributed by atoms with E-state index in [1.807, 2.05) is 43.6 Å². The molecule has 2 aromatic heterocycles. The van der Waals surface area contributed by atoms with Crippen LogP contribution in [0.5, 0.6) is 0 Å². The van der Waals surface area contributed by atoms with Crippen molar-refractivity contribution >= 4 is 38.3 Å². The molecule has 194 valence electrons. The first kappa shape index (κ1) is 24.4. The number of aryl methyl sites for hydroxylation is 1. The maximum Gasteiger partial charge on any atom is 0.264 e. The molecule has 3 N–H and O–H groups in total. The van der Waals surface area contributed by atoms with Crippen molar-refractivity contribution < 1.29 is 13.2 Å². The lowest BCUT2D eigenvalue weighted by molar-refractivity contribution is -0.117. The number of amides is 1. The molecule has 3 heterocycles. The minimum absolute atomic E-state index is 0.0334. The molecule has 1 aliphatic carbocycles. The molecule has 38 heavy (non-hydrogen) atoms. The lowest BCUT2D eigenvalue weighted by Gasteiger charge is -2.11. The Morgan fingerprint density at radius 1 is 1.08 bits per heavy atom.